The van der Waals surface area contributed by atoms with E-state index in [9.17, 15) is 14.7 Å². The number of hydrogen-bond donors (Lipinski definition) is 2. The molecule has 2 aliphatic rings. The molecule has 2 N–H and O–H groups in total. The highest BCUT2D eigenvalue weighted by molar-refractivity contribution is 5.99. The number of carboxylic acids is 1. The zero-order chi connectivity index (χ0) is 18.2. The van der Waals surface area contributed by atoms with Gasteiger partial charge >= 0.3 is 5.97 Å². The quantitative estimate of drug-likeness (QED) is 0.258. The smallest absolute Gasteiger partial charge is 0.303 e. The Morgan fingerprint density at radius 3 is 2.80 bits per heavy atom. The fourth-order valence-electron chi connectivity index (χ4n) is 3.40. The van der Waals surface area contributed by atoms with Crippen molar-refractivity contribution in [3.05, 3.63) is 23.8 Å². The minimum Gasteiger partial charge on any atom is -0.481 e. The van der Waals surface area contributed by atoms with Gasteiger partial charge in [-0.25, -0.2) is 0 Å². The molecule has 1 saturated heterocycles. The number of aliphatic carboxylic acids is 1. The van der Waals surface area contributed by atoms with Crippen molar-refractivity contribution in [1.82, 2.24) is 0 Å². The lowest BCUT2D eigenvalue weighted by molar-refractivity contribution is -0.137. The van der Waals surface area contributed by atoms with Gasteiger partial charge in [-0.15, -0.1) is 0 Å². The van der Waals surface area contributed by atoms with Crippen LogP contribution in [-0.4, -0.2) is 40.3 Å². The van der Waals surface area contributed by atoms with Gasteiger partial charge in [-0.05, 0) is 43.8 Å². The van der Waals surface area contributed by atoms with Crippen molar-refractivity contribution in [1.29, 1.82) is 0 Å². The average molecular weight is 350 g/mol. The zero-order valence-corrected chi connectivity index (χ0v) is 15.0. The Labute approximate surface area is 149 Å². The summed E-state index contributed by atoms with van der Waals surface area (Å²) in [6, 6.07) is 0. The molecule has 0 spiro atoms. The van der Waals surface area contributed by atoms with E-state index in [0.29, 0.717) is 24.8 Å². The monoisotopic (exact) mass is 350 g/mol. The lowest BCUT2D eigenvalue weighted by Crippen LogP contribution is -2.14. The molecule has 0 aromatic rings. The van der Waals surface area contributed by atoms with Crippen LogP contribution in [0.25, 0.3) is 0 Å². The van der Waals surface area contributed by atoms with Crippen LogP contribution < -0.4 is 0 Å². The fraction of sp³-hybridized carbons (Fsp3) is 0.700. The summed E-state index contributed by atoms with van der Waals surface area (Å²) >= 11 is 0. The lowest BCUT2D eigenvalue weighted by Gasteiger charge is -2.12. The van der Waals surface area contributed by atoms with Crippen LogP contribution in [0.15, 0.2) is 23.8 Å². The number of hydrogen-bond acceptors (Lipinski definition) is 4. The van der Waals surface area contributed by atoms with Crippen LogP contribution >= 0.6 is 0 Å². The molecule has 1 heterocycles. The maximum atomic E-state index is 12.2. The molecule has 5 heteroatoms. The van der Waals surface area contributed by atoms with E-state index in [1.807, 2.05) is 6.08 Å². The van der Waals surface area contributed by atoms with Crippen LogP contribution in [0, 0.1) is 5.92 Å². The van der Waals surface area contributed by atoms with Crippen molar-refractivity contribution < 1.29 is 24.5 Å². The Kier molecular flexibility index (Phi) is 7.85. The van der Waals surface area contributed by atoms with Gasteiger partial charge in [-0.2, -0.15) is 0 Å². The third-order valence-corrected chi connectivity index (χ3v) is 4.96. The summed E-state index contributed by atoms with van der Waals surface area (Å²) in [6.07, 6.45) is 12.3. The number of ether oxygens (including phenoxy) is 1. The summed E-state index contributed by atoms with van der Waals surface area (Å²) in [5.74, 6) is -0.925. The maximum absolute atomic E-state index is 12.2. The molecule has 1 aliphatic carbocycles. The van der Waals surface area contributed by atoms with Gasteiger partial charge in [0.05, 0.1) is 12.2 Å². The largest absolute Gasteiger partial charge is 0.481 e. The lowest BCUT2D eigenvalue weighted by atomic mass is 9.95. The normalized spacial score (nSPS) is 30.5. The number of allylic oxidation sites excluding steroid dienone is 2. The van der Waals surface area contributed by atoms with Crippen LogP contribution in [0.2, 0.25) is 0 Å². The van der Waals surface area contributed by atoms with Gasteiger partial charge in [0.15, 0.2) is 5.78 Å². The number of ketones is 1. The van der Waals surface area contributed by atoms with Gasteiger partial charge in [0.1, 0.15) is 6.10 Å². The molecule has 4 atom stereocenters. The summed E-state index contributed by atoms with van der Waals surface area (Å²) in [6.45, 7) is 2.18. The molecule has 2 rings (SSSR count). The highest BCUT2D eigenvalue weighted by Gasteiger charge is 2.41. The molecule has 0 amide bonds. The van der Waals surface area contributed by atoms with Crippen LogP contribution in [0.1, 0.15) is 64.7 Å². The number of Topliss-reactive ketones (excluding diaryl/α,β-unsaturated/α-hetero) is 1. The molecule has 2 fully saturated rings. The number of aliphatic hydroxyl groups is 1. The summed E-state index contributed by atoms with van der Waals surface area (Å²) in [7, 11) is 0. The van der Waals surface area contributed by atoms with Crippen molar-refractivity contribution in [2.45, 2.75) is 83.0 Å². The van der Waals surface area contributed by atoms with Crippen molar-refractivity contribution in [2.24, 2.45) is 5.92 Å². The number of aliphatic hydroxyl groups excluding tert-OH is 1. The van der Waals surface area contributed by atoms with E-state index in [4.69, 9.17) is 9.84 Å². The first-order valence-electron chi connectivity index (χ1n) is 9.48. The Hall–Kier alpha value is -1.46. The highest BCUT2D eigenvalue weighted by Crippen LogP contribution is 2.36. The molecule has 0 bridgehead atoms. The molecule has 140 valence electrons. The van der Waals surface area contributed by atoms with Crippen LogP contribution in [0.5, 0.6) is 0 Å². The van der Waals surface area contributed by atoms with Gasteiger partial charge in [-0.3, -0.25) is 9.59 Å². The average Bonchev–Trinajstić information content (AvgIpc) is 3.23. The summed E-state index contributed by atoms with van der Waals surface area (Å²) in [5.41, 5.74) is 0.691. The van der Waals surface area contributed by atoms with E-state index in [1.54, 1.807) is 0 Å². The topological polar surface area (TPSA) is 87.1 Å². The Balaban J connectivity index is 1.82. The second-order valence-electron chi connectivity index (χ2n) is 7.05. The standard InChI is InChI=1S/C20H30O5/c1-2-3-4-5-6-7-9-14-15(17(22)13-16(14)21)12-19-18(25-19)10-8-11-20(23)24/h6-7,12,14,16,18-19,21H,2-5,8-11,13H2,1H3,(H,23,24)/b7-6-,15-12-. The highest BCUT2D eigenvalue weighted by atomic mass is 16.6. The molecule has 0 radical (unpaired) electrons. The molecular weight excluding hydrogens is 320 g/mol. The van der Waals surface area contributed by atoms with E-state index in [-0.39, 0.29) is 36.8 Å². The number of carbonyl (C=O) groups excluding carboxylic acids is 1. The zero-order valence-electron chi connectivity index (χ0n) is 15.0. The Morgan fingerprint density at radius 2 is 2.08 bits per heavy atom. The van der Waals surface area contributed by atoms with Gasteiger partial charge < -0.3 is 14.9 Å². The fourth-order valence-corrected chi connectivity index (χ4v) is 3.40. The summed E-state index contributed by atoms with van der Waals surface area (Å²) in [5, 5.41) is 18.8. The SMILES string of the molecule is CCCCC/C=C\CC1/C(=C/C2OC2CCCC(=O)O)C(=O)CC1O. The van der Waals surface area contributed by atoms with E-state index in [0.717, 1.165) is 6.42 Å². The summed E-state index contributed by atoms with van der Waals surface area (Å²) in [4.78, 5) is 22.7. The van der Waals surface area contributed by atoms with Gasteiger partial charge in [0.2, 0.25) is 0 Å². The minimum absolute atomic E-state index is 0.0108. The maximum Gasteiger partial charge on any atom is 0.303 e. The molecule has 1 aliphatic heterocycles. The number of epoxide rings is 1. The number of carboxylic acid groups (broad SMARTS) is 1. The first-order valence-corrected chi connectivity index (χ1v) is 9.48. The van der Waals surface area contributed by atoms with Crippen molar-refractivity contribution in [2.75, 3.05) is 0 Å². The molecule has 0 aromatic carbocycles. The van der Waals surface area contributed by atoms with Gasteiger partial charge in [-0.1, -0.05) is 31.9 Å². The van der Waals surface area contributed by atoms with Gasteiger partial charge in [0, 0.05) is 18.8 Å². The first-order chi connectivity index (χ1) is 12.0. The minimum atomic E-state index is -0.796. The molecular formula is C20H30O5. The number of unbranched alkanes of at least 4 members (excludes halogenated alkanes) is 3. The second-order valence-corrected chi connectivity index (χ2v) is 7.05. The Bertz CT molecular complexity index is 522. The third-order valence-electron chi connectivity index (χ3n) is 4.96. The molecule has 1 saturated carbocycles. The molecule has 0 aromatic heterocycles. The first kappa shape index (κ1) is 19.9. The van der Waals surface area contributed by atoms with Crippen LogP contribution in [0.4, 0.5) is 0 Å². The third kappa shape index (κ3) is 6.40. The predicted molar refractivity (Wildman–Crippen MR) is 95.3 cm³/mol. The molecule has 25 heavy (non-hydrogen) atoms. The van der Waals surface area contributed by atoms with E-state index in [1.165, 1.54) is 19.3 Å². The Morgan fingerprint density at radius 1 is 1.28 bits per heavy atom. The molecule has 4 unspecified atom stereocenters. The van der Waals surface area contributed by atoms with Crippen LogP contribution in [0.3, 0.4) is 0 Å². The van der Waals surface area contributed by atoms with E-state index >= 15 is 0 Å². The van der Waals surface area contributed by atoms with E-state index < -0.39 is 12.1 Å². The van der Waals surface area contributed by atoms with Gasteiger partial charge in [0.25, 0.3) is 0 Å². The molecule has 5 nitrogen and oxygen atoms in total. The van der Waals surface area contributed by atoms with Crippen molar-refractivity contribution in [3.8, 4) is 0 Å². The van der Waals surface area contributed by atoms with E-state index in [2.05, 4.69) is 19.1 Å². The summed E-state index contributed by atoms with van der Waals surface area (Å²) < 4.78 is 5.54. The predicted octanol–water partition coefficient (Wildman–Crippen LogP) is 3.41. The second kappa shape index (κ2) is 9.88. The van der Waals surface area contributed by atoms with Crippen molar-refractivity contribution in [3.63, 3.8) is 0 Å². The number of carbonyl (C=O) groups is 2. The van der Waals surface area contributed by atoms with Crippen molar-refractivity contribution >= 4 is 11.8 Å². The number of rotatable bonds is 11. The van der Waals surface area contributed by atoms with Crippen LogP contribution in [-0.2, 0) is 14.3 Å².